The number of anilines is 2. The zero-order valence-corrected chi connectivity index (χ0v) is 14.1. The molecule has 0 aliphatic carbocycles. The fraction of sp³-hybridized carbons (Fsp3) is 0.211. The van der Waals surface area contributed by atoms with Gasteiger partial charge in [0.15, 0.2) is 0 Å². The van der Waals surface area contributed by atoms with Gasteiger partial charge in [0.2, 0.25) is 0 Å². The monoisotopic (exact) mass is 350 g/mol. The van der Waals surface area contributed by atoms with E-state index in [0.717, 1.165) is 18.8 Å². The average molecular weight is 350 g/mol. The van der Waals surface area contributed by atoms with Crippen LogP contribution in [0.3, 0.4) is 0 Å². The Morgan fingerprint density at radius 2 is 1.85 bits per heavy atom. The van der Waals surface area contributed by atoms with Gasteiger partial charge in [-0.05, 0) is 36.4 Å². The SMILES string of the molecule is O=C(Nc1cnc2ccccn2c1=O)c1ccc(N2CCOCC2)cc1. The van der Waals surface area contributed by atoms with Gasteiger partial charge in [-0.15, -0.1) is 0 Å². The van der Waals surface area contributed by atoms with E-state index in [4.69, 9.17) is 4.74 Å². The smallest absolute Gasteiger partial charge is 0.281 e. The number of hydrogen-bond acceptors (Lipinski definition) is 5. The van der Waals surface area contributed by atoms with Crippen molar-refractivity contribution >= 4 is 22.9 Å². The number of rotatable bonds is 3. The van der Waals surface area contributed by atoms with Crippen LogP contribution in [-0.4, -0.2) is 41.6 Å². The lowest BCUT2D eigenvalue weighted by Crippen LogP contribution is -2.36. The van der Waals surface area contributed by atoms with Crippen molar-refractivity contribution in [2.45, 2.75) is 0 Å². The molecule has 1 saturated heterocycles. The predicted molar refractivity (Wildman–Crippen MR) is 98.9 cm³/mol. The lowest BCUT2D eigenvalue weighted by Gasteiger charge is -2.28. The molecule has 1 aliphatic heterocycles. The first-order valence-electron chi connectivity index (χ1n) is 8.43. The number of nitrogens with zero attached hydrogens (tertiary/aromatic N) is 3. The number of amides is 1. The molecule has 0 saturated carbocycles. The Labute approximate surface area is 149 Å². The van der Waals surface area contributed by atoms with E-state index in [0.29, 0.717) is 24.4 Å². The highest BCUT2D eigenvalue weighted by atomic mass is 16.5. The Morgan fingerprint density at radius 3 is 2.62 bits per heavy atom. The largest absolute Gasteiger partial charge is 0.378 e. The minimum Gasteiger partial charge on any atom is -0.378 e. The zero-order valence-electron chi connectivity index (χ0n) is 14.1. The fourth-order valence-electron chi connectivity index (χ4n) is 2.95. The third-order valence-corrected chi connectivity index (χ3v) is 4.37. The molecule has 2 aromatic heterocycles. The molecule has 1 fully saturated rings. The van der Waals surface area contributed by atoms with Crippen LogP contribution in [0.5, 0.6) is 0 Å². The first-order valence-corrected chi connectivity index (χ1v) is 8.43. The van der Waals surface area contributed by atoms with Gasteiger partial charge in [0.1, 0.15) is 11.3 Å². The number of carbonyl (C=O) groups is 1. The summed E-state index contributed by atoms with van der Waals surface area (Å²) in [6.07, 6.45) is 3.01. The minimum absolute atomic E-state index is 0.149. The van der Waals surface area contributed by atoms with Gasteiger partial charge in [0.05, 0.1) is 19.4 Å². The summed E-state index contributed by atoms with van der Waals surface area (Å²) in [6.45, 7) is 3.10. The van der Waals surface area contributed by atoms with Gasteiger partial charge in [-0.1, -0.05) is 6.07 Å². The Balaban J connectivity index is 1.53. The first kappa shape index (κ1) is 16.3. The van der Waals surface area contributed by atoms with E-state index < -0.39 is 0 Å². The van der Waals surface area contributed by atoms with Crippen LogP contribution < -0.4 is 15.8 Å². The molecule has 7 heteroatoms. The van der Waals surface area contributed by atoms with E-state index in [1.807, 2.05) is 12.1 Å². The van der Waals surface area contributed by atoms with Crippen LogP contribution in [0.4, 0.5) is 11.4 Å². The zero-order chi connectivity index (χ0) is 17.9. The molecule has 0 radical (unpaired) electrons. The molecule has 0 bridgehead atoms. The molecule has 1 N–H and O–H groups in total. The van der Waals surface area contributed by atoms with Crippen molar-refractivity contribution in [1.82, 2.24) is 9.38 Å². The number of aromatic nitrogens is 2. The van der Waals surface area contributed by atoms with Gasteiger partial charge in [-0.2, -0.15) is 0 Å². The molecule has 1 amide bonds. The maximum atomic E-state index is 12.5. The topological polar surface area (TPSA) is 75.9 Å². The third-order valence-electron chi connectivity index (χ3n) is 4.37. The normalized spacial score (nSPS) is 14.4. The van der Waals surface area contributed by atoms with Crippen molar-refractivity contribution in [3.63, 3.8) is 0 Å². The van der Waals surface area contributed by atoms with Gasteiger partial charge in [-0.25, -0.2) is 4.98 Å². The molecule has 0 spiro atoms. The highest BCUT2D eigenvalue weighted by Gasteiger charge is 2.13. The van der Waals surface area contributed by atoms with Crippen molar-refractivity contribution < 1.29 is 9.53 Å². The van der Waals surface area contributed by atoms with Crippen LogP contribution in [0.25, 0.3) is 5.65 Å². The van der Waals surface area contributed by atoms with E-state index in [9.17, 15) is 9.59 Å². The maximum absolute atomic E-state index is 12.5. The second kappa shape index (κ2) is 6.97. The summed E-state index contributed by atoms with van der Waals surface area (Å²) in [6, 6.07) is 12.6. The summed E-state index contributed by atoms with van der Waals surface area (Å²) in [4.78, 5) is 31.3. The number of nitrogens with one attached hydrogen (secondary N) is 1. The third kappa shape index (κ3) is 3.16. The summed E-state index contributed by atoms with van der Waals surface area (Å²) in [5, 5.41) is 2.65. The number of fused-ring (bicyclic) bond motifs is 1. The Bertz CT molecular complexity index is 992. The van der Waals surface area contributed by atoms with Crippen molar-refractivity contribution in [1.29, 1.82) is 0 Å². The van der Waals surface area contributed by atoms with Gasteiger partial charge in [-0.3, -0.25) is 14.0 Å². The van der Waals surface area contributed by atoms with Crippen LogP contribution in [0.1, 0.15) is 10.4 Å². The van der Waals surface area contributed by atoms with E-state index in [-0.39, 0.29) is 17.2 Å². The quantitative estimate of drug-likeness (QED) is 0.779. The van der Waals surface area contributed by atoms with E-state index in [1.165, 1.54) is 10.6 Å². The van der Waals surface area contributed by atoms with E-state index >= 15 is 0 Å². The Kier molecular flexibility index (Phi) is 4.37. The molecular weight excluding hydrogens is 332 g/mol. The predicted octanol–water partition coefficient (Wildman–Crippen LogP) is 1.78. The summed E-state index contributed by atoms with van der Waals surface area (Å²) >= 11 is 0. The van der Waals surface area contributed by atoms with Crippen LogP contribution >= 0.6 is 0 Å². The van der Waals surface area contributed by atoms with Crippen molar-refractivity contribution in [2.24, 2.45) is 0 Å². The van der Waals surface area contributed by atoms with Crippen molar-refractivity contribution in [2.75, 3.05) is 36.5 Å². The average Bonchev–Trinajstić information content (AvgIpc) is 2.71. The van der Waals surface area contributed by atoms with Crippen LogP contribution in [0.2, 0.25) is 0 Å². The Morgan fingerprint density at radius 1 is 1.08 bits per heavy atom. The molecule has 3 aromatic rings. The van der Waals surface area contributed by atoms with Crippen LogP contribution in [0, 0.1) is 0 Å². The Hall–Kier alpha value is -3.19. The number of morpholine rings is 1. The molecule has 1 aromatic carbocycles. The standard InChI is InChI=1S/C19H18N4O3/c24-18(14-4-6-15(7-5-14)22-9-11-26-12-10-22)21-16-13-20-17-3-1-2-8-23(17)19(16)25/h1-8,13H,9-12H2,(H,21,24). The van der Waals surface area contributed by atoms with Gasteiger partial charge in [0, 0.05) is 30.5 Å². The number of hydrogen-bond donors (Lipinski definition) is 1. The van der Waals surface area contributed by atoms with Gasteiger partial charge >= 0.3 is 0 Å². The minimum atomic E-state index is -0.340. The molecule has 7 nitrogen and oxygen atoms in total. The number of ether oxygens (including phenoxy) is 1. The highest BCUT2D eigenvalue weighted by Crippen LogP contribution is 2.17. The molecule has 132 valence electrons. The second-order valence-corrected chi connectivity index (χ2v) is 6.01. The molecule has 0 atom stereocenters. The van der Waals surface area contributed by atoms with E-state index in [1.54, 1.807) is 36.5 Å². The molecule has 1 aliphatic rings. The fourth-order valence-corrected chi connectivity index (χ4v) is 2.95. The van der Waals surface area contributed by atoms with Crippen LogP contribution in [-0.2, 0) is 4.74 Å². The first-order chi connectivity index (χ1) is 12.7. The highest BCUT2D eigenvalue weighted by molar-refractivity contribution is 6.04. The summed E-state index contributed by atoms with van der Waals surface area (Å²) < 4.78 is 6.75. The van der Waals surface area contributed by atoms with Crippen molar-refractivity contribution in [3.8, 4) is 0 Å². The number of carbonyl (C=O) groups excluding carboxylic acids is 1. The van der Waals surface area contributed by atoms with Crippen molar-refractivity contribution in [3.05, 3.63) is 70.8 Å². The summed E-state index contributed by atoms with van der Waals surface area (Å²) in [5.41, 5.74) is 1.91. The second-order valence-electron chi connectivity index (χ2n) is 6.01. The lowest BCUT2D eigenvalue weighted by molar-refractivity contribution is 0.102. The van der Waals surface area contributed by atoms with Crippen LogP contribution in [0.15, 0.2) is 59.7 Å². The van der Waals surface area contributed by atoms with Gasteiger partial charge < -0.3 is 15.0 Å². The number of benzene rings is 1. The van der Waals surface area contributed by atoms with Gasteiger partial charge in [0.25, 0.3) is 11.5 Å². The molecule has 26 heavy (non-hydrogen) atoms. The summed E-state index contributed by atoms with van der Waals surface area (Å²) in [5.74, 6) is -0.340. The molecule has 3 heterocycles. The molecule has 0 unspecified atom stereocenters. The number of pyridine rings is 1. The summed E-state index contributed by atoms with van der Waals surface area (Å²) in [7, 11) is 0. The molecular formula is C19H18N4O3. The molecule has 4 rings (SSSR count). The van der Waals surface area contributed by atoms with E-state index in [2.05, 4.69) is 15.2 Å². The maximum Gasteiger partial charge on any atom is 0.281 e. The lowest BCUT2D eigenvalue weighted by atomic mass is 10.1.